The van der Waals surface area contributed by atoms with Crippen molar-refractivity contribution in [3.8, 4) is 5.75 Å². The number of cyclic esters (lactones) is 1. The summed E-state index contributed by atoms with van der Waals surface area (Å²) in [5.41, 5.74) is -0.616. The highest BCUT2D eigenvalue weighted by molar-refractivity contribution is 6.00. The average molecular weight is 358 g/mol. The van der Waals surface area contributed by atoms with E-state index in [1.54, 1.807) is 18.2 Å². The number of methoxy groups -OCH3 is 1. The van der Waals surface area contributed by atoms with Gasteiger partial charge in [0.05, 0.1) is 13.2 Å². The van der Waals surface area contributed by atoms with Crippen LogP contribution in [0.3, 0.4) is 0 Å². The van der Waals surface area contributed by atoms with Gasteiger partial charge in [-0.1, -0.05) is 12.1 Å². The predicted octanol–water partition coefficient (Wildman–Crippen LogP) is 0.605. The van der Waals surface area contributed by atoms with Gasteiger partial charge >= 0.3 is 11.7 Å². The Kier molecular flexibility index (Phi) is 3.64. The van der Waals surface area contributed by atoms with Gasteiger partial charge in [0.2, 0.25) is 0 Å². The van der Waals surface area contributed by atoms with Crippen LogP contribution in [0.15, 0.2) is 33.5 Å². The van der Waals surface area contributed by atoms with Crippen LogP contribution in [0.1, 0.15) is 10.4 Å². The van der Waals surface area contributed by atoms with Gasteiger partial charge in [0.15, 0.2) is 17.9 Å². The van der Waals surface area contributed by atoms with E-state index in [1.165, 1.54) is 18.1 Å². The number of imide groups is 1. The van der Waals surface area contributed by atoms with E-state index in [-0.39, 0.29) is 30.8 Å². The molecule has 0 aliphatic carbocycles. The lowest BCUT2D eigenvalue weighted by molar-refractivity contribution is -0.129. The molecule has 2 aliphatic heterocycles. The predicted molar refractivity (Wildman–Crippen MR) is 86.9 cm³/mol. The van der Waals surface area contributed by atoms with Gasteiger partial charge in [-0.3, -0.25) is 9.59 Å². The number of hydrogen-bond acceptors (Lipinski definition) is 7. The molecule has 3 amide bonds. The van der Waals surface area contributed by atoms with Gasteiger partial charge < -0.3 is 18.8 Å². The Morgan fingerprint density at radius 2 is 2.00 bits per heavy atom. The van der Waals surface area contributed by atoms with Crippen molar-refractivity contribution in [3.05, 3.63) is 40.2 Å². The van der Waals surface area contributed by atoms with Crippen LogP contribution in [-0.4, -0.2) is 60.6 Å². The lowest BCUT2D eigenvalue weighted by atomic mass is 10.1. The first-order chi connectivity index (χ1) is 12.5. The molecule has 2 fully saturated rings. The fourth-order valence-electron chi connectivity index (χ4n) is 3.10. The number of nitrogens with zero attached hydrogens (tertiary/aromatic N) is 2. The Morgan fingerprint density at radius 3 is 2.65 bits per heavy atom. The van der Waals surface area contributed by atoms with Crippen LogP contribution in [0.4, 0.5) is 4.79 Å². The van der Waals surface area contributed by atoms with Crippen molar-refractivity contribution in [2.24, 2.45) is 0 Å². The van der Waals surface area contributed by atoms with Crippen LogP contribution in [0.2, 0.25) is 0 Å². The van der Waals surface area contributed by atoms with Crippen LogP contribution >= 0.6 is 0 Å². The van der Waals surface area contributed by atoms with E-state index in [0.29, 0.717) is 11.1 Å². The number of benzene rings is 1. The lowest BCUT2D eigenvalue weighted by Crippen LogP contribution is -2.62. The van der Waals surface area contributed by atoms with Crippen LogP contribution in [0, 0.1) is 0 Å². The summed E-state index contributed by atoms with van der Waals surface area (Å²) in [7, 11) is 1.46. The highest BCUT2D eigenvalue weighted by Gasteiger charge is 2.44. The van der Waals surface area contributed by atoms with Crippen LogP contribution in [-0.2, 0) is 9.53 Å². The molecule has 1 aromatic heterocycles. The smallest absolute Gasteiger partial charge is 0.417 e. The molecule has 2 aromatic rings. The van der Waals surface area contributed by atoms with Crippen LogP contribution < -0.4 is 10.4 Å². The first kappa shape index (κ1) is 16.1. The molecule has 0 bridgehead atoms. The van der Waals surface area contributed by atoms with Crippen molar-refractivity contribution in [3.63, 3.8) is 0 Å². The summed E-state index contributed by atoms with van der Waals surface area (Å²) in [6, 6.07) is 6.09. The third-order valence-electron chi connectivity index (χ3n) is 4.47. The second-order valence-electron chi connectivity index (χ2n) is 6.01. The number of amides is 3. The number of rotatable bonds is 3. The number of ether oxygens (including phenoxy) is 2. The minimum atomic E-state index is -0.771. The monoisotopic (exact) mass is 358 g/mol. The molecule has 9 heteroatoms. The topological polar surface area (TPSA) is 106 Å². The molecule has 0 N–H and O–H groups in total. The molecule has 2 saturated heterocycles. The van der Waals surface area contributed by atoms with E-state index in [1.807, 2.05) is 0 Å². The van der Waals surface area contributed by atoms with Gasteiger partial charge in [-0.05, 0) is 12.1 Å². The zero-order valence-electron chi connectivity index (χ0n) is 13.8. The number of para-hydroxylation sites is 1. The third-order valence-corrected chi connectivity index (χ3v) is 4.47. The van der Waals surface area contributed by atoms with Crippen LogP contribution in [0.5, 0.6) is 5.75 Å². The second-order valence-corrected chi connectivity index (χ2v) is 6.01. The Morgan fingerprint density at radius 1 is 1.23 bits per heavy atom. The van der Waals surface area contributed by atoms with Gasteiger partial charge in [-0.25, -0.2) is 14.5 Å². The zero-order valence-corrected chi connectivity index (χ0v) is 13.8. The van der Waals surface area contributed by atoms with Crippen molar-refractivity contribution in [1.29, 1.82) is 0 Å². The minimum Gasteiger partial charge on any atom is -0.493 e. The number of carbonyl (C=O) groups excluding carboxylic acids is 3. The van der Waals surface area contributed by atoms with Gasteiger partial charge in [0, 0.05) is 18.5 Å². The fraction of sp³-hybridized carbons (Fsp3) is 0.294. The molecule has 0 atom stereocenters. The van der Waals surface area contributed by atoms with E-state index in [9.17, 15) is 19.2 Å². The van der Waals surface area contributed by atoms with Gasteiger partial charge in [0.25, 0.3) is 11.8 Å². The largest absolute Gasteiger partial charge is 0.493 e. The maximum absolute atomic E-state index is 12.6. The van der Waals surface area contributed by atoms with E-state index < -0.39 is 29.6 Å². The highest BCUT2D eigenvalue weighted by atomic mass is 16.6. The van der Waals surface area contributed by atoms with Crippen molar-refractivity contribution in [2.45, 2.75) is 6.04 Å². The Bertz CT molecular complexity index is 974. The summed E-state index contributed by atoms with van der Waals surface area (Å²) >= 11 is 0. The standard InChI is InChI=1S/C17H14N2O7/c1-24-12-4-2-3-9-5-11(16(22)26-14(9)12)15(21)18-6-10(7-18)19-13(20)8-25-17(19)23/h2-5,10H,6-8H2,1H3. The molecule has 3 heterocycles. The average Bonchev–Trinajstić information content (AvgIpc) is 2.91. The van der Waals surface area contributed by atoms with Gasteiger partial charge in [-0.15, -0.1) is 0 Å². The molecular formula is C17H14N2O7. The minimum absolute atomic E-state index is 0.112. The molecule has 134 valence electrons. The number of carbonyl (C=O) groups is 3. The summed E-state index contributed by atoms with van der Waals surface area (Å²) in [4.78, 5) is 50.3. The summed E-state index contributed by atoms with van der Waals surface area (Å²) in [5.74, 6) is -0.544. The number of fused-ring (bicyclic) bond motifs is 1. The Labute approximate surface area is 146 Å². The second kappa shape index (κ2) is 5.87. The molecule has 2 aliphatic rings. The summed E-state index contributed by atoms with van der Waals surface area (Å²) in [6.07, 6.45) is -0.704. The summed E-state index contributed by atoms with van der Waals surface area (Å²) < 4.78 is 15.1. The molecule has 0 radical (unpaired) electrons. The molecule has 9 nitrogen and oxygen atoms in total. The Hall–Kier alpha value is -3.36. The molecule has 0 saturated carbocycles. The first-order valence-corrected chi connectivity index (χ1v) is 7.88. The maximum atomic E-state index is 12.6. The zero-order chi connectivity index (χ0) is 18.4. The fourth-order valence-corrected chi connectivity index (χ4v) is 3.10. The highest BCUT2D eigenvalue weighted by Crippen LogP contribution is 2.26. The first-order valence-electron chi connectivity index (χ1n) is 7.88. The molecule has 0 unspecified atom stereocenters. The van der Waals surface area contributed by atoms with Crippen molar-refractivity contribution >= 4 is 28.9 Å². The molecule has 26 heavy (non-hydrogen) atoms. The molecule has 0 spiro atoms. The molecule has 1 aromatic carbocycles. The summed E-state index contributed by atoms with van der Waals surface area (Å²) in [6.45, 7) is 0.0178. The van der Waals surface area contributed by atoms with E-state index in [0.717, 1.165) is 4.90 Å². The maximum Gasteiger partial charge on any atom is 0.417 e. The third kappa shape index (κ3) is 2.40. The van der Waals surface area contributed by atoms with E-state index >= 15 is 0 Å². The Balaban J connectivity index is 1.56. The molecular weight excluding hydrogens is 344 g/mol. The van der Waals surface area contributed by atoms with Gasteiger partial charge in [-0.2, -0.15) is 0 Å². The van der Waals surface area contributed by atoms with Gasteiger partial charge in [0.1, 0.15) is 5.56 Å². The summed E-state index contributed by atoms with van der Waals surface area (Å²) in [5, 5.41) is 0.558. The lowest BCUT2D eigenvalue weighted by Gasteiger charge is -2.41. The molecule has 4 rings (SSSR count). The number of hydrogen-bond donors (Lipinski definition) is 0. The number of likely N-dealkylation sites (tertiary alicyclic amines) is 1. The van der Waals surface area contributed by atoms with Crippen molar-refractivity contribution in [2.75, 3.05) is 26.8 Å². The SMILES string of the molecule is COc1cccc2cc(C(=O)N3CC(N4C(=O)COC4=O)C3)c(=O)oc12. The van der Waals surface area contributed by atoms with E-state index in [2.05, 4.69) is 4.74 Å². The van der Waals surface area contributed by atoms with Crippen molar-refractivity contribution in [1.82, 2.24) is 9.80 Å². The van der Waals surface area contributed by atoms with Crippen molar-refractivity contribution < 1.29 is 28.3 Å². The van der Waals surface area contributed by atoms with E-state index in [4.69, 9.17) is 9.15 Å². The van der Waals surface area contributed by atoms with Crippen LogP contribution in [0.25, 0.3) is 11.0 Å². The quantitative estimate of drug-likeness (QED) is 0.740. The normalized spacial score (nSPS) is 17.4.